The monoisotopic (exact) mass is 289 g/mol. The first-order valence-electron chi connectivity index (χ1n) is 4.96. The zero-order valence-electron chi connectivity index (χ0n) is 8.71. The van der Waals surface area contributed by atoms with E-state index in [1.807, 2.05) is 22.7 Å². The lowest BCUT2D eigenvalue weighted by Gasteiger charge is -2.01. The Labute approximate surface area is 105 Å². The van der Waals surface area contributed by atoms with E-state index < -0.39 is 0 Å². The summed E-state index contributed by atoms with van der Waals surface area (Å²) in [5.41, 5.74) is 8.01. The summed E-state index contributed by atoms with van der Waals surface area (Å²) >= 11 is 3.40. The molecule has 0 bridgehead atoms. The quantitative estimate of drug-likeness (QED) is 0.745. The van der Waals surface area contributed by atoms with Gasteiger partial charge in [0.2, 0.25) is 0 Å². The van der Waals surface area contributed by atoms with Crippen LogP contribution in [0.5, 0.6) is 0 Å². The lowest BCUT2D eigenvalue weighted by atomic mass is 10.3. The first-order valence-corrected chi connectivity index (χ1v) is 5.75. The van der Waals surface area contributed by atoms with Gasteiger partial charge in [0.1, 0.15) is 0 Å². The normalized spacial score (nSPS) is 10.9. The Kier molecular flexibility index (Phi) is 2.29. The Morgan fingerprint density at radius 2 is 2.18 bits per heavy atom. The Morgan fingerprint density at radius 3 is 2.94 bits per heavy atom. The highest BCUT2D eigenvalue weighted by Crippen LogP contribution is 2.23. The van der Waals surface area contributed by atoms with E-state index in [9.17, 15) is 0 Å². The average molecular weight is 290 g/mol. The van der Waals surface area contributed by atoms with Crippen molar-refractivity contribution in [3.8, 4) is 11.4 Å². The third-order valence-electron chi connectivity index (χ3n) is 2.42. The molecular formula is C11H8BrN5. The van der Waals surface area contributed by atoms with Gasteiger partial charge in [0.15, 0.2) is 11.5 Å². The number of aromatic nitrogens is 4. The summed E-state index contributed by atoms with van der Waals surface area (Å²) in [5, 5.41) is 8.21. The van der Waals surface area contributed by atoms with Crippen LogP contribution in [0.25, 0.3) is 17.0 Å². The highest BCUT2D eigenvalue weighted by atomic mass is 79.9. The van der Waals surface area contributed by atoms with E-state index in [1.54, 1.807) is 18.5 Å². The topological polar surface area (TPSA) is 69.1 Å². The van der Waals surface area contributed by atoms with Crippen molar-refractivity contribution in [1.82, 2.24) is 19.6 Å². The average Bonchev–Trinajstić information content (AvgIpc) is 2.74. The molecule has 0 aliphatic carbocycles. The Balaban J connectivity index is 2.32. The lowest BCUT2D eigenvalue weighted by molar-refractivity contribution is 1.10. The van der Waals surface area contributed by atoms with Gasteiger partial charge in [-0.3, -0.25) is 9.38 Å². The van der Waals surface area contributed by atoms with Crippen LogP contribution in [0.15, 0.2) is 41.3 Å². The van der Waals surface area contributed by atoms with E-state index >= 15 is 0 Å². The van der Waals surface area contributed by atoms with Crippen LogP contribution >= 0.6 is 15.9 Å². The number of nitrogens with two attached hydrogens (primary N) is 1. The number of nitrogen functional groups attached to an aromatic ring is 1. The molecule has 5 nitrogen and oxygen atoms in total. The van der Waals surface area contributed by atoms with Gasteiger partial charge < -0.3 is 5.73 Å². The molecule has 84 valence electrons. The minimum absolute atomic E-state index is 0.585. The van der Waals surface area contributed by atoms with E-state index in [0.717, 1.165) is 15.9 Å². The maximum absolute atomic E-state index is 5.88. The van der Waals surface area contributed by atoms with Crippen molar-refractivity contribution in [2.45, 2.75) is 0 Å². The molecule has 0 aliphatic rings. The zero-order chi connectivity index (χ0) is 11.8. The molecule has 3 aromatic rings. The molecule has 17 heavy (non-hydrogen) atoms. The molecule has 0 radical (unpaired) electrons. The van der Waals surface area contributed by atoms with Crippen LogP contribution in [0, 0.1) is 0 Å². The van der Waals surface area contributed by atoms with Crippen LogP contribution in [0.4, 0.5) is 5.69 Å². The highest BCUT2D eigenvalue weighted by Gasteiger charge is 2.10. The van der Waals surface area contributed by atoms with Gasteiger partial charge in [0.25, 0.3) is 0 Å². The number of fused-ring (bicyclic) bond motifs is 1. The molecule has 2 N–H and O–H groups in total. The number of pyridine rings is 2. The molecule has 6 heteroatoms. The third kappa shape index (κ3) is 1.66. The standard InChI is InChI=1S/C11H8BrN5/c12-8-4-9(13)11-16-15-10(17(11)6-8)7-2-1-3-14-5-7/h1-6H,13H2. The van der Waals surface area contributed by atoms with Gasteiger partial charge in [-0.2, -0.15) is 0 Å². The van der Waals surface area contributed by atoms with Crippen LogP contribution in [-0.4, -0.2) is 19.6 Å². The summed E-state index contributed by atoms with van der Waals surface area (Å²) in [6.07, 6.45) is 5.35. The molecule has 0 aromatic carbocycles. The van der Waals surface area contributed by atoms with Crippen molar-refractivity contribution < 1.29 is 0 Å². The number of hydrogen-bond acceptors (Lipinski definition) is 4. The Hall–Kier alpha value is -1.95. The fourth-order valence-corrected chi connectivity index (χ4v) is 2.13. The maximum atomic E-state index is 5.88. The molecule has 0 atom stereocenters. The lowest BCUT2D eigenvalue weighted by Crippen LogP contribution is -1.94. The summed E-state index contributed by atoms with van der Waals surface area (Å²) in [4.78, 5) is 4.07. The van der Waals surface area contributed by atoms with Crippen molar-refractivity contribution in [2.24, 2.45) is 0 Å². The minimum Gasteiger partial charge on any atom is -0.396 e. The number of hydrogen-bond donors (Lipinski definition) is 1. The maximum Gasteiger partial charge on any atom is 0.184 e. The fourth-order valence-electron chi connectivity index (χ4n) is 1.68. The van der Waals surface area contributed by atoms with Gasteiger partial charge in [-0.1, -0.05) is 0 Å². The van der Waals surface area contributed by atoms with Crippen LogP contribution in [0.2, 0.25) is 0 Å². The van der Waals surface area contributed by atoms with E-state index in [-0.39, 0.29) is 0 Å². The molecule has 0 fully saturated rings. The van der Waals surface area contributed by atoms with Crippen molar-refractivity contribution >= 4 is 27.3 Å². The van der Waals surface area contributed by atoms with E-state index in [1.165, 1.54) is 0 Å². The Bertz CT molecular complexity index is 677. The van der Waals surface area contributed by atoms with Gasteiger partial charge in [-0.05, 0) is 34.1 Å². The first kappa shape index (κ1) is 10.2. The van der Waals surface area contributed by atoms with Crippen molar-refractivity contribution in [3.63, 3.8) is 0 Å². The van der Waals surface area contributed by atoms with Crippen LogP contribution < -0.4 is 5.73 Å². The summed E-state index contributed by atoms with van der Waals surface area (Å²) in [5.74, 6) is 0.723. The second kappa shape index (κ2) is 3.81. The Morgan fingerprint density at radius 1 is 1.29 bits per heavy atom. The van der Waals surface area contributed by atoms with E-state index in [2.05, 4.69) is 31.1 Å². The number of anilines is 1. The van der Waals surface area contributed by atoms with Gasteiger partial charge in [-0.25, -0.2) is 0 Å². The molecule has 3 aromatic heterocycles. The molecule has 0 spiro atoms. The molecule has 0 aliphatic heterocycles. The van der Waals surface area contributed by atoms with E-state index in [0.29, 0.717) is 11.3 Å². The smallest absolute Gasteiger partial charge is 0.184 e. The minimum atomic E-state index is 0.585. The third-order valence-corrected chi connectivity index (χ3v) is 2.85. The zero-order valence-corrected chi connectivity index (χ0v) is 10.3. The number of halogens is 1. The number of rotatable bonds is 1. The van der Waals surface area contributed by atoms with Gasteiger partial charge in [-0.15, -0.1) is 10.2 Å². The molecule has 0 saturated carbocycles. The first-order chi connectivity index (χ1) is 8.25. The summed E-state index contributed by atoms with van der Waals surface area (Å²) in [6.45, 7) is 0. The highest BCUT2D eigenvalue weighted by molar-refractivity contribution is 9.10. The summed E-state index contributed by atoms with van der Waals surface area (Å²) < 4.78 is 2.73. The largest absolute Gasteiger partial charge is 0.396 e. The molecule has 0 amide bonds. The fraction of sp³-hybridized carbons (Fsp3) is 0. The summed E-state index contributed by atoms with van der Waals surface area (Å²) in [7, 11) is 0. The van der Waals surface area contributed by atoms with Gasteiger partial charge >= 0.3 is 0 Å². The van der Waals surface area contributed by atoms with Crippen molar-refractivity contribution in [2.75, 3.05) is 5.73 Å². The molecular weight excluding hydrogens is 282 g/mol. The number of nitrogens with zero attached hydrogens (tertiary/aromatic N) is 4. The molecule has 3 rings (SSSR count). The van der Waals surface area contributed by atoms with Gasteiger partial charge in [0, 0.05) is 28.6 Å². The van der Waals surface area contributed by atoms with Crippen LogP contribution in [0.3, 0.4) is 0 Å². The molecule has 0 saturated heterocycles. The van der Waals surface area contributed by atoms with Crippen molar-refractivity contribution in [1.29, 1.82) is 0 Å². The second-order valence-electron chi connectivity index (χ2n) is 3.57. The van der Waals surface area contributed by atoms with Gasteiger partial charge in [0.05, 0.1) is 5.69 Å². The van der Waals surface area contributed by atoms with Crippen LogP contribution in [-0.2, 0) is 0 Å². The molecule has 0 unspecified atom stereocenters. The van der Waals surface area contributed by atoms with E-state index in [4.69, 9.17) is 5.73 Å². The SMILES string of the molecule is Nc1cc(Br)cn2c(-c3cccnc3)nnc12. The molecule has 3 heterocycles. The second-order valence-corrected chi connectivity index (χ2v) is 4.49. The van der Waals surface area contributed by atoms with Crippen molar-refractivity contribution in [3.05, 3.63) is 41.3 Å². The van der Waals surface area contributed by atoms with Crippen LogP contribution in [0.1, 0.15) is 0 Å². The predicted molar refractivity (Wildman–Crippen MR) is 68.3 cm³/mol. The summed E-state index contributed by atoms with van der Waals surface area (Å²) in [6, 6.07) is 5.59. The predicted octanol–water partition coefficient (Wildman–Crippen LogP) is 2.14.